The van der Waals surface area contributed by atoms with E-state index >= 15 is 0 Å². The molecule has 0 aromatic heterocycles. The molecule has 0 bridgehead atoms. The van der Waals surface area contributed by atoms with Gasteiger partial charge in [-0.25, -0.2) is 0 Å². The van der Waals surface area contributed by atoms with Crippen molar-refractivity contribution in [2.75, 3.05) is 14.2 Å². The van der Waals surface area contributed by atoms with Crippen molar-refractivity contribution in [1.82, 2.24) is 0 Å². The molecule has 4 N–H and O–H groups in total. The van der Waals surface area contributed by atoms with Gasteiger partial charge in [0.25, 0.3) is 20.2 Å². The number of fused-ring (bicyclic) bond motifs is 2. The maximum atomic E-state index is 12.1. The SMILES string of the molecule is COc1cc(-c2ccc(N=Nc3cc(S(=O)(=O)O)c4ccccc4c3O)c(OC)c2)ccc1N=Nc1cc(S(=O)(=O)O)c2ccccc2c1O.[Li].[Li]. The molecule has 0 amide bonds. The number of benzene rings is 6. The summed E-state index contributed by atoms with van der Waals surface area (Å²) in [5, 5.41) is 38.5. The Hall–Kier alpha value is -4.75. The summed E-state index contributed by atoms with van der Waals surface area (Å²) in [5.41, 5.74) is 1.43. The maximum absolute atomic E-state index is 12.1. The summed E-state index contributed by atoms with van der Waals surface area (Å²) in [6.45, 7) is 0. The quantitative estimate of drug-likeness (QED) is 0.0647. The van der Waals surface area contributed by atoms with Crippen molar-refractivity contribution in [2.24, 2.45) is 20.5 Å². The molecule has 6 rings (SSSR count). The van der Waals surface area contributed by atoms with Crippen molar-refractivity contribution >= 4 is 102 Å². The summed E-state index contributed by atoms with van der Waals surface area (Å²) in [5.74, 6) is -0.0888. The summed E-state index contributed by atoms with van der Waals surface area (Å²) >= 11 is 0. The largest absolute Gasteiger partial charge is 0.505 e. The molecule has 0 saturated heterocycles. The molecule has 2 radical (unpaired) electrons. The van der Waals surface area contributed by atoms with Gasteiger partial charge in [0.15, 0.2) is 11.5 Å². The summed E-state index contributed by atoms with van der Waals surface area (Å²) in [6.07, 6.45) is 0. The predicted octanol–water partition coefficient (Wildman–Crippen LogP) is 7.65. The third-order valence-electron chi connectivity index (χ3n) is 7.70. The average molecular weight is 729 g/mol. The second-order valence-electron chi connectivity index (χ2n) is 10.7. The van der Waals surface area contributed by atoms with Gasteiger partial charge in [0, 0.05) is 59.3 Å². The number of azo groups is 2. The third kappa shape index (κ3) is 8.00. The van der Waals surface area contributed by atoms with Crippen LogP contribution in [0.2, 0.25) is 0 Å². The molecule has 0 aliphatic carbocycles. The molecular formula is C34H26Li2N4O10S2. The number of rotatable bonds is 9. The Morgan fingerprint density at radius 3 is 1.13 bits per heavy atom. The number of phenols is 2. The Kier molecular flexibility index (Phi) is 12.2. The van der Waals surface area contributed by atoms with Crippen LogP contribution in [0.15, 0.2) is 127 Å². The fraction of sp³-hybridized carbons (Fsp3) is 0.0588. The van der Waals surface area contributed by atoms with Crippen LogP contribution in [0.4, 0.5) is 22.7 Å². The fourth-order valence-electron chi connectivity index (χ4n) is 5.30. The van der Waals surface area contributed by atoms with E-state index in [2.05, 4.69) is 20.5 Å². The number of methoxy groups -OCH3 is 2. The Morgan fingerprint density at radius 1 is 0.481 bits per heavy atom. The van der Waals surface area contributed by atoms with Crippen LogP contribution in [0, 0.1) is 0 Å². The molecule has 52 heavy (non-hydrogen) atoms. The molecule has 0 saturated carbocycles. The molecule has 6 aromatic rings. The van der Waals surface area contributed by atoms with Crippen LogP contribution in [0.3, 0.4) is 0 Å². The fourth-order valence-corrected chi connectivity index (χ4v) is 6.73. The van der Waals surface area contributed by atoms with Crippen molar-refractivity contribution in [3.63, 3.8) is 0 Å². The molecule has 18 heteroatoms. The van der Waals surface area contributed by atoms with Gasteiger partial charge in [0.05, 0.1) is 14.2 Å². The summed E-state index contributed by atoms with van der Waals surface area (Å²) in [6, 6.07) is 24.2. The molecule has 6 aromatic carbocycles. The van der Waals surface area contributed by atoms with Crippen LogP contribution in [-0.2, 0) is 20.2 Å². The molecule has 14 nitrogen and oxygen atoms in total. The number of phenolic OH excluding ortho intramolecular Hbond substituents is 2. The van der Waals surface area contributed by atoms with Crippen LogP contribution in [0.1, 0.15) is 0 Å². The van der Waals surface area contributed by atoms with Crippen LogP contribution >= 0.6 is 0 Å². The van der Waals surface area contributed by atoms with Crippen molar-refractivity contribution in [2.45, 2.75) is 9.79 Å². The zero-order chi connectivity index (χ0) is 35.8. The number of ether oxygens (including phenoxy) is 2. The number of hydrogen-bond donors (Lipinski definition) is 4. The number of nitrogens with zero attached hydrogens (tertiary/aromatic N) is 4. The van der Waals surface area contributed by atoms with Gasteiger partial charge in [-0.15, -0.1) is 20.5 Å². The topological polar surface area (TPSA) is 217 Å². The second kappa shape index (κ2) is 15.9. The normalized spacial score (nSPS) is 11.8. The van der Waals surface area contributed by atoms with E-state index in [1.54, 1.807) is 60.7 Å². The zero-order valence-electron chi connectivity index (χ0n) is 28.1. The number of hydrogen-bond acceptors (Lipinski definition) is 12. The molecule has 0 atom stereocenters. The van der Waals surface area contributed by atoms with Gasteiger partial charge in [0.2, 0.25) is 0 Å². The molecule has 256 valence electrons. The molecule has 0 aliphatic rings. The Bertz CT molecular complexity index is 2440. The molecule has 0 heterocycles. The van der Waals surface area contributed by atoms with E-state index in [0.717, 1.165) is 12.1 Å². The molecule has 0 unspecified atom stereocenters. The first kappa shape index (κ1) is 40.0. The van der Waals surface area contributed by atoms with Crippen molar-refractivity contribution in [1.29, 1.82) is 0 Å². The van der Waals surface area contributed by atoms with Gasteiger partial charge >= 0.3 is 0 Å². The van der Waals surface area contributed by atoms with Gasteiger partial charge < -0.3 is 19.7 Å². The van der Waals surface area contributed by atoms with Crippen molar-refractivity contribution < 1.29 is 45.6 Å². The Balaban J connectivity index is 0.00000302. The van der Waals surface area contributed by atoms with E-state index in [9.17, 15) is 36.2 Å². The summed E-state index contributed by atoms with van der Waals surface area (Å²) < 4.78 is 78.8. The van der Waals surface area contributed by atoms with Gasteiger partial charge in [-0.3, -0.25) is 9.11 Å². The first-order valence-corrected chi connectivity index (χ1v) is 17.3. The van der Waals surface area contributed by atoms with Crippen LogP contribution in [0.25, 0.3) is 32.7 Å². The molecule has 0 fully saturated rings. The summed E-state index contributed by atoms with van der Waals surface area (Å²) in [4.78, 5) is -0.868. The molecule has 0 spiro atoms. The minimum atomic E-state index is -4.65. The van der Waals surface area contributed by atoms with Crippen molar-refractivity contribution in [3.8, 4) is 34.1 Å². The van der Waals surface area contributed by atoms with E-state index in [-0.39, 0.29) is 105 Å². The van der Waals surface area contributed by atoms with Gasteiger partial charge in [-0.05, 0) is 47.5 Å². The van der Waals surface area contributed by atoms with Crippen LogP contribution in [0.5, 0.6) is 23.0 Å². The van der Waals surface area contributed by atoms with Crippen LogP contribution in [-0.4, -0.2) is 88.1 Å². The zero-order valence-corrected chi connectivity index (χ0v) is 29.7. The van der Waals surface area contributed by atoms with Crippen LogP contribution < -0.4 is 9.47 Å². The Morgan fingerprint density at radius 2 is 0.808 bits per heavy atom. The van der Waals surface area contributed by atoms with Gasteiger partial charge in [0.1, 0.15) is 44.0 Å². The van der Waals surface area contributed by atoms with E-state index in [4.69, 9.17) is 9.47 Å². The van der Waals surface area contributed by atoms with Gasteiger partial charge in [-0.2, -0.15) is 16.8 Å². The van der Waals surface area contributed by atoms with Gasteiger partial charge in [-0.1, -0.05) is 60.7 Å². The molecular weight excluding hydrogens is 702 g/mol. The first-order valence-electron chi connectivity index (χ1n) is 14.4. The molecule has 0 aliphatic heterocycles. The van der Waals surface area contributed by atoms with E-state index in [0.29, 0.717) is 11.1 Å². The van der Waals surface area contributed by atoms with E-state index < -0.39 is 30.0 Å². The van der Waals surface area contributed by atoms with E-state index in [1.807, 2.05) is 0 Å². The minimum Gasteiger partial charge on any atom is -0.505 e. The predicted molar refractivity (Wildman–Crippen MR) is 196 cm³/mol. The minimum absolute atomic E-state index is 0. The summed E-state index contributed by atoms with van der Waals surface area (Å²) in [7, 11) is -6.46. The second-order valence-corrected chi connectivity index (χ2v) is 13.5. The van der Waals surface area contributed by atoms with E-state index in [1.165, 1.54) is 38.5 Å². The monoisotopic (exact) mass is 728 g/mol. The average Bonchev–Trinajstić information content (AvgIpc) is 3.10. The first-order chi connectivity index (χ1) is 23.8. The maximum Gasteiger partial charge on any atom is 0.295 e. The van der Waals surface area contributed by atoms with Crippen molar-refractivity contribution in [3.05, 3.63) is 97.1 Å². The smallest absolute Gasteiger partial charge is 0.295 e. The standard InChI is InChI=1S/C34H26N4O10S2.2Li/c1-47-29-15-19(11-13-25(29)35-37-27-17-31(49(41,42)43)21-7-3-5-9-23(21)33(27)39)20-12-14-26(30(16-20)48-2)36-38-28-18-32(50(44,45)46)22-8-4-6-10-24(22)34(28)40;;/h3-18,39-40H,1-2H3,(H,41,42,43)(H,44,45,46);;. The Labute approximate surface area is 321 Å². The third-order valence-corrected chi connectivity index (χ3v) is 9.48. The number of aromatic hydroxyl groups is 2.